The highest BCUT2D eigenvalue weighted by Crippen LogP contribution is 2.35. The third-order valence-corrected chi connectivity index (χ3v) is 2.08. The van der Waals surface area contributed by atoms with Crippen molar-refractivity contribution in [1.82, 2.24) is 4.98 Å². The van der Waals surface area contributed by atoms with E-state index in [1.807, 2.05) is 0 Å². The first-order valence-corrected chi connectivity index (χ1v) is 4.30. The molecule has 0 fully saturated rings. The van der Waals surface area contributed by atoms with Crippen LogP contribution < -0.4 is 0 Å². The van der Waals surface area contributed by atoms with Crippen molar-refractivity contribution in [3.05, 3.63) is 28.0 Å². The van der Waals surface area contributed by atoms with E-state index in [1.54, 1.807) is 0 Å². The second-order valence-electron chi connectivity index (χ2n) is 2.81. The number of halogens is 6. The van der Waals surface area contributed by atoms with Gasteiger partial charge >= 0.3 is 6.18 Å². The summed E-state index contributed by atoms with van der Waals surface area (Å²) >= 11 is 5.35. The van der Waals surface area contributed by atoms with Gasteiger partial charge in [-0.15, -0.1) is 0 Å². The van der Waals surface area contributed by atoms with Crippen molar-refractivity contribution >= 4 is 11.6 Å². The first-order valence-electron chi connectivity index (χ1n) is 3.93. The minimum Gasteiger partial charge on any atom is -0.392 e. The maximum Gasteiger partial charge on any atom is 0.433 e. The summed E-state index contributed by atoms with van der Waals surface area (Å²) in [6.07, 6.45) is -8.10. The van der Waals surface area contributed by atoms with Crippen LogP contribution >= 0.6 is 11.6 Å². The minimum atomic E-state index is -4.94. The van der Waals surface area contributed by atoms with Crippen LogP contribution in [0.1, 0.15) is 23.4 Å². The summed E-state index contributed by atoms with van der Waals surface area (Å²) in [5, 5.41) is 8.10. The van der Waals surface area contributed by atoms with Crippen molar-refractivity contribution in [2.24, 2.45) is 0 Å². The zero-order valence-electron chi connectivity index (χ0n) is 7.52. The Labute approximate surface area is 91.7 Å². The van der Waals surface area contributed by atoms with E-state index in [9.17, 15) is 22.0 Å². The lowest BCUT2D eigenvalue weighted by atomic mass is 10.1. The topological polar surface area (TPSA) is 33.1 Å². The molecule has 1 aromatic heterocycles. The summed E-state index contributed by atoms with van der Waals surface area (Å²) in [6, 6.07) is 0.604. The summed E-state index contributed by atoms with van der Waals surface area (Å²) in [7, 11) is 0. The zero-order chi connectivity index (χ0) is 12.5. The molecule has 0 atom stereocenters. The van der Waals surface area contributed by atoms with Crippen molar-refractivity contribution in [3.8, 4) is 0 Å². The van der Waals surface area contributed by atoms with Crippen LogP contribution in [0.5, 0.6) is 0 Å². The van der Waals surface area contributed by atoms with Crippen LogP contribution in [0.25, 0.3) is 0 Å². The number of aromatic nitrogens is 1. The molecule has 1 N–H and O–H groups in total. The lowest BCUT2D eigenvalue weighted by molar-refractivity contribution is -0.142. The Morgan fingerprint density at radius 1 is 1.38 bits per heavy atom. The maximum absolute atomic E-state index is 12.4. The van der Waals surface area contributed by atoms with Crippen molar-refractivity contribution in [2.45, 2.75) is 19.2 Å². The number of alkyl halides is 5. The molecule has 0 amide bonds. The van der Waals surface area contributed by atoms with E-state index in [0.29, 0.717) is 6.07 Å². The van der Waals surface area contributed by atoms with Crippen LogP contribution in [-0.4, -0.2) is 10.1 Å². The minimum absolute atomic E-state index is 0.583. The molecule has 0 aromatic carbocycles. The number of aliphatic hydroxyl groups is 1. The van der Waals surface area contributed by atoms with Crippen molar-refractivity contribution in [1.29, 1.82) is 0 Å². The molecule has 1 aromatic rings. The molecule has 0 radical (unpaired) electrons. The summed E-state index contributed by atoms with van der Waals surface area (Å²) in [5.41, 5.74) is -3.37. The van der Waals surface area contributed by atoms with E-state index in [1.165, 1.54) is 0 Å². The highest BCUT2D eigenvalue weighted by atomic mass is 35.5. The average molecular weight is 262 g/mol. The second-order valence-corrected chi connectivity index (χ2v) is 3.22. The number of hydrogen-bond acceptors (Lipinski definition) is 2. The number of nitrogens with zero attached hydrogens (tertiary/aromatic N) is 1. The Balaban J connectivity index is 3.43. The molecule has 0 saturated carbocycles. The predicted molar refractivity (Wildman–Crippen MR) is 45.1 cm³/mol. The third kappa shape index (κ3) is 2.59. The maximum atomic E-state index is 12.4. The van der Waals surface area contributed by atoms with Crippen molar-refractivity contribution in [2.75, 3.05) is 0 Å². The summed E-state index contributed by atoms with van der Waals surface area (Å²) < 4.78 is 61.5. The molecule has 0 saturated heterocycles. The fraction of sp³-hybridized carbons (Fsp3) is 0.375. The summed E-state index contributed by atoms with van der Waals surface area (Å²) in [6.45, 7) is -1.02. The Morgan fingerprint density at radius 2 is 1.94 bits per heavy atom. The zero-order valence-corrected chi connectivity index (χ0v) is 8.28. The van der Waals surface area contributed by atoms with Gasteiger partial charge in [0.2, 0.25) is 0 Å². The van der Waals surface area contributed by atoms with Gasteiger partial charge in [0.15, 0.2) is 5.69 Å². The molecule has 0 aliphatic rings. The fourth-order valence-corrected chi connectivity index (χ4v) is 1.32. The van der Waals surface area contributed by atoms with E-state index >= 15 is 0 Å². The summed E-state index contributed by atoms with van der Waals surface area (Å²) in [5.74, 6) is 0. The fourth-order valence-electron chi connectivity index (χ4n) is 1.06. The van der Waals surface area contributed by atoms with E-state index in [2.05, 4.69) is 4.98 Å². The monoisotopic (exact) mass is 261 g/mol. The molecule has 2 nitrogen and oxygen atoms in total. The molecule has 1 rings (SSSR count). The van der Waals surface area contributed by atoms with Gasteiger partial charge in [-0.1, -0.05) is 11.6 Å². The molecule has 0 bridgehead atoms. The van der Waals surface area contributed by atoms with Gasteiger partial charge in [-0.25, -0.2) is 13.8 Å². The van der Waals surface area contributed by atoms with E-state index < -0.39 is 41.2 Å². The first-order chi connectivity index (χ1) is 7.27. The van der Waals surface area contributed by atoms with Crippen LogP contribution in [0.2, 0.25) is 5.02 Å². The van der Waals surface area contributed by atoms with Gasteiger partial charge in [0, 0.05) is 5.56 Å². The first kappa shape index (κ1) is 13.1. The standard InChI is InChI=1S/C8H5ClF5NO/c9-4-1-5(7(10)11)15-6(3(4)2-16)8(12,13)14/h1,7,16H,2H2. The molecule has 0 unspecified atom stereocenters. The third-order valence-electron chi connectivity index (χ3n) is 1.74. The normalized spacial score (nSPS) is 12.2. The van der Waals surface area contributed by atoms with Gasteiger partial charge in [0.05, 0.1) is 11.6 Å². The molecule has 0 aliphatic heterocycles. The Morgan fingerprint density at radius 3 is 2.31 bits per heavy atom. The highest BCUT2D eigenvalue weighted by Gasteiger charge is 2.37. The van der Waals surface area contributed by atoms with Crippen LogP contribution in [0, 0.1) is 0 Å². The van der Waals surface area contributed by atoms with E-state index in [0.717, 1.165) is 0 Å². The van der Waals surface area contributed by atoms with Crippen LogP contribution in [0.3, 0.4) is 0 Å². The molecule has 8 heteroatoms. The average Bonchev–Trinajstić information content (AvgIpc) is 2.14. The SMILES string of the molecule is OCc1c(Cl)cc(C(F)F)nc1C(F)(F)F. The highest BCUT2D eigenvalue weighted by molar-refractivity contribution is 6.31. The van der Waals surface area contributed by atoms with Gasteiger partial charge in [0.1, 0.15) is 5.69 Å². The number of hydrogen-bond donors (Lipinski definition) is 1. The van der Waals surface area contributed by atoms with Gasteiger partial charge in [-0.2, -0.15) is 13.2 Å². The van der Waals surface area contributed by atoms with Gasteiger partial charge in [-0.05, 0) is 6.07 Å². The lowest BCUT2D eigenvalue weighted by Gasteiger charge is -2.13. The Kier molecular flexibility index (Phi) is 3.69. The van der Waals surface area contributed by atoms with Gasteiger partial charge in [-0.3, -0.25) is 0 Å². The largest absolute Gasteiger partial charge is 0.433 e. The molecule has 90 valence electrons. The predicted octanol–water partition coefficient (Wildman–Crippen LogP) is 3.18. The number of rotatable bonds is 2. The van der Waals surface area contributed by atoms with E-state index in [4.69, 9.17) is 16.7 Å². The molecule has 16 heavy (non-hydrogen) atoms. The van der Waals surface area contributed by atoms with Crippen molar-refractivity contribution < 1.29 is 27.1 Å². The Bertz CT molecular complexity index is 393. The van der Waals surface area contributed by atoms with Gasteiger partial charge < -0.3 is 5.11 Å². The van der Waals surface area contributed by atoms with Crippen molar-refractivity contribution in [3.63, 3.8) is 0 Å². The molecule has 0 spiro atoms. The lowest BCUT2D eigenvalue weighted by Crippen LogP contribution is -2.14. The molecule has 0 aliphatic carbocycles. The molecule has 1 heterocycles. The molecular weight excluding hydrogens is 257 g/mol. The van der Waals surface area contributed by atoms with Gasteiger partial charge in [0.25, 0.3) is 6.43 Å². The second kappa shape index (κ2) is 4.50. The smallest absolute Gasteiger partial charge is 0.392 e. The summed E-state index contributed by atoms with van der Waals surface area (Å²) in [4.78, 5) is 2.76. The van der Waals surface area contributed by atoms with Crippen LogP contribution in [0.15, 0.2) is 6.07 Å². The molecular formula is C8H5ClF5NO. The van der Waals surface area contributed by atoms with Crippen LogP contribution in [0.4, 0.5) is 22.0 Å². The number of aliphatic hydroxyl groups excluding tert-OH is 1. The quantitative estimate of drug-likeness (QED) is 0.830. The Hall–Kier alpha value is -0.950. The van der Waals surface area contributed by atoms with Crippen LogP contribution in [-0.2, 0) is 12.8 Å². The number of pyridine rings is 1. The van der Waals surface area contributed by atoms with E-state index in [-0.39, 0.29) is 0 Å².